The third kappa shape index (κ3) is 6.27. The maximum absolute atomic E-state index is 12.8. The van der Waals surface area contributed by atoms with Crippen molar-refractivity contribution in [1.82, 2.24) is 0 Å². The van der Waals surface area contributed by atoms with E-state index in [-0.39, 0.29) is 10.8 Å². The van der Waals surface area contributed by atoms with Gasteiger partial charge >= 0.3 is 0 Å². The second-order valence-electron chi connectivity index (χ2n) is 7.86. The Balaban J connectivity index is 1.70. The molecule has 0 unspecified atom stereocenters. The topological polar surface area (TPSA) is 84.5 Å². The summed E-state index contributed by atoms with van der Waals surface area (Å²) in [6.07, 6.45) is -0.199. The summed E-state index contributed by atoms with van der Waals surface area (Å²) in [7, 11) is -3.81. The van der Waals surface area contributed by atoms with Crippen LogP contribution in [0.25, 0.3) is 0 Å². The Hall–Kier alpha value is -3.03. The summed E-state index contributed by atoms with van der Waals surface area (Å²) >= 11 is 5.98. The molecule has 1 amide bonds. The van der Waals surface area contributed by atoms with E-state index in [0.717, 1.165) is 16.7 Å². The minimum absolute atomic E-state index is 0.0681. The summed E-state index contributed by atoms with van der Waals surface area (Å²) in [5.41, 5.74) is 3.63. The second kappa shape index (κ2) is 10.3. The normalized spacial score (nSPS) is 12.2. The molecular weight excluding hydrogens is 460 g/mol. The molecule has 0 heterocycles. The summed E-state index contributed by atoms with van der Waals surface area (Å²) in [5, 5.41) is 3.23. The van der Waals surface area contributed by atoms with Crippen molar-refractivity contribution in [3.05, 3.63) is 82.4 Å². The monoisotopic (exact) mass is 486 g/mol. The van der Waals surface area contributed by atoms with Crippen LogP contribution in [0.15, 0.2) is 65.6 Å². The molecule has 0 aliphatic rings. The molecule has 0 saturated carbocycles. The zero-order valence-electron chi connectivity index (χ0n) is 19.0. The van der Waals surface area contributed by atoms with E-state index < -0.39 is 16.1 Å². The molecule has 0 saturated heterocycles. The lowest BCUT2D eigenvalue weighted by atomic mass is 10.1. The zero-order chi connectivity index (χ0) is 24.2. The lowest BCUT2D eigenvalue weighted by Crippen LogP contribution is -2.32. The molecular formula is C25H27ClN2O4S. The van der Waals surface area contributed by atoms with Crippen molar-refractivity contribution in [2.24, 2.45) is 0 Å². The molecule has 3 aromatic carbocycles. The minimum Gasteiger partial charge on any atom is -0.480 e. The third-order valence-electron chi connectivity index (χ3n) is 5.15. The number of hydrogen-bond acceptors (Lipinski definition) is 4. The van der Waals surface area contributed by atoms with E-state index >= 15 is 0 Å². The van der Waals surface area contributed by atoms with Gasteiger partial charge in [-0.25, -0.2) is 8.42 Å². The molecule has 0 aliphatic carbocycles. The molecule has 8 heteroatoms. The van der Waals surface area contributed by atoms with Gasteiger partial charge in [0.25, 0.3) is 15.9 Å². The molecule has 33 heavy (non-hydrogen) atoms. The van der Waals surface area contributed by atoms with Gasteiger partial charge in [0, 0.05) is 10.7 Å². The summed E-state index contributed by atoms with van der Waals surface area (Å²) in [6, 6.07) is 16.8. The van der Waals surface area contributed by atoms with Crippen LogP contribution in [0.1, 0.15) is 30.0 Å². The molecule has 3 aromatic rings. The number of amides is 1. The van der Waals surface area contributed by atoms with Crippen LogP contribution >= 0.6 is 11.6 Å². The molecule has 2 N–H and O–H groups in total. The summed E-state index contributed by atoms with van der Waals surface area (Å²) < 4.78 is 34.0. The fourth-order valence-electron chi connectivity index (χ4n) is 3.16. The first-order chi connectivity index (χ1) is 15.6. The van der Waals surface area contributed by atoms with E-state index in [1.165, 1.54) is 12.1 Å². The molecule has 1 atom stereocenters. The smallest absolute Gasteiger partial charge is 0.265 e. The molecule has 0 aromatic heterocycles. The predicted octanol–water partition coefficient (Wildman–Crippen LogP) is 5.86. The fourth-order valence-corrected chi connectivity index (χ4v) is 4.45. The number of benzene rings is 3. The number of aryl methyl sites for hydroxylation is 3. The van der Waals surface area contributed by atoms with Crippen LogP contribution in [0, 0.1) is 20.8 Å². The van der Waals surface area contributed by atoms with E-state index in [4.69, 9.17) is 16.3 Å². The largest absolute Gasteiger partial charge is 0.480 e. The number of nitrogens with one attached hydrogen (secondary N) is 2. The Morgan fingerprint density at radius 1 is 0.970 bits per heavy atom. The molecule has 0 fully saturated rings. The van der Waals surface area contributed by atoms with Crippen LogP contribution in [-0.2, 0) is 14.8 Å². The molecule has 0 spiro atoms. The third-order valence-corrected chi connectivity index (χ3v) is 6.77. The van der Waals surface area contributed by atoms with Crippen LogP contribution < -0.4 is 14.8 Å². The van der Waals surface area contributed by atoms with Gasteiger partial charge in [-0.3, -0.25) is 9.52 Å². The van der Waals surface area contributed by atoms with Gasteiger partial charge in [0.05, 0.1) is 10.6 Å². The van der Waals surface area contributed by atoms with Crippen molar-refractivity contribution in [1.29, 1.82) is 0 Å². The fraction of sp³-hybridized carbons (Fsp3) is 0.240. The van der Waals surface area contributed by atoms with Crippen molar-refractivity contribution >= 4 is 38.9 Å². The van der Waals surface area contributed by atoms with Crippen molar-refractivity contribution in [2.75, 3.05) is 10.0 Å². The number of hydrogen-bond donors (Lipinski definition) is 2. The zero-order valence-corrected chi connectivity index (χ0v) is 20.5. The van der Waals surface area contributed by atoms with Crippen molar-refractivity contribution in [3.63, 3.8) is 0 Å². The molecule has 0 aliphatic heterocycles. The second-order valence-corrected chi connectivity index (χ2v) is 9.98. The quantitative estimate of drug-likeness (QED) is 0.417. The Morgan fingerprint density at radius 2 is 1.64 bits per heavy atom. The Kier molecular flexibility index (Phi) is 7.66. The standard InChI is InChI=1S/C25H27ClN2O4S/c1-5-23(32-24-14-16(2)6-7-18(24)4)25(29)27-20-10-12-21(13-11-20)33(30,31)28-22-15-19(26)9-8-17(22)3/h6-15,23,28H,5H2,1-4H3,(H,27,29)/t23-/m1/s1. The molecule has 174 valence electrons. The highest BCUT2D eigenvalue weighted by Gasteiger charge is 2.20. The van der Waals surface area contributed by atoms with E-state index in [0.29, 0.717) is 28.6 Å². The van der Waals surface area contributed by atoms with Gasteiger partial charge in [-0.2, -0.15) is 0 Å². The maximum Gasteiger partial charge on any atom is 0.265 e. The predicted molar refractivity (Wildman–Crippen MR) is 133 cm³/mol. The highest BCUT2D eigenvalue weighted by atomic mass is 35.5. The number of rotatable bonds is 8. The average molecular weight is 487 g/mol. The minimum atomic E-state index is -3.81. The van der Waals surface area contributed by atoms with Gasteiger partial charge in [-0.1, -0.05) is 36.7 Å². The highest BCUT2D eigenvalue weighted by Crippen LogP contribution is 2.25. The van der Waals surface area contributed by atoms with Crippen LogP contribution in [-0.4, -0.2) is 20.4 Å². The number of anilines is 2. The van der Waals surface area contributed by atoms with Crippen LogP contribution in [0.2, 0.25) is 5.02 Å². The molecule has 0 radical (unpaired) electrons. The number of carbonyl (C=O) groups is 1. The molecule has 0 bridgehead atoms. The number of halogens is 1. The number of ether oxygens (including phenoxy) is 1. The van der Waals surface area contributed by atoms with Gasteiger partial charge in [0.1, 0.15) is 5.75 Å². The first-order valence-corrected chi connectivity index (χ1v) is 12.4. The highest BCUT2D eigenvalue weighted by molar-refractivity contribution is 7.92. The average Bonchev–Trinajstić information content (AvgIpc) is 2.77. The Labute approximate surface area is 200 Å². The maximum atomic E-state index is 12.8. The van der Waals surface area contributed by atoms with Crippen LogP contribution in [0.5, 0.6) is 5.75 Å². The molecule has 6 nitrogen and oxygen atoms in total. The lowest BCUT2D eigenvalue weighted by Gasteiger charge is -2.19. The van der Waals surface area contributed by atoms with E-state index in [9.17, 15) is 13.2 Å². The van der Waals surface area contributed by atoms with Gasteiger partial charge < -0.3 is 10.1 Å². The number of carbonyl (C=O) groups excluding carboxylic acids is 1. The Bertz CT molecular complexity index is 1260. The van der Waals surface area contributed by atoms with E-state index in [2.05, 4.69) is 10.0 Å². The summed E-state index contributed by atoms with van der Waals surface area (Å²) in [5.74, 6) is 0.363. The van der Waals surface area contributed by atoms with Crippen molar-refractivity contribution in [2.45, 2.75) is 45.1 Å². The van der Waals surface area contributed by atoms with Crippen LogP contribution in [0.3, 0.4) is 0 Å². The first-order valence-electron chi connectivity index (χ1n) is 10.5. The van der Waals surface area contributed by atoms with Gasteiger partial charge in [0.15, 0.2) is 6.10 Å². The lowest BCUT2D eigenvalue weighted by molar-refractivity contribution is -0.122. The van der Waals surface area contributed by atoms with E-state index in [1.807, 2.05) is 39.0 Å². The van der Waals surface area contributed by atoms with Gasteiger partial charge in [0.2, 0.25) is 0 Å². The summed E-state index contributed by atoms with van der Waals surface area (Å²) in [6.45, 7) is 7.55. The number of sulfonamides is 1. The molecule has 3 rings (SSSR count). The van der Waals surface area contributed by atoms with Gasteiger partial charge in [-0.05, 0) is 86.3 Å². The van der Waals surface area contributed by atoms with Crippen molar-refractivity contribution in [3.8, 4) is 5.75 Å². The van der Waals surface area contributed by atoms with E-state index in [1.54, 1.807) is 37.3 Å². The van der Waals surface area contributed by atoms with Crippen molar-refractivity contribution < 1.29 is 17.9 Å². The first kappa shape index (κ1) is 24.6. The SMILES string of the molecule is CC[C@@H](Oc1cc(C)ccc1C)C(=O)Nc1ccc(S(=O)(=O)Nc2cc(Cl)ccc2C)cc1. The Morgan fingerprint density at radius 3 is 2.30 bits per heavy atom. The van der Waals surface area contributed by atoms with Gasteiger partial charge in [-0.15, -0.1) is 0 Å². The summed E-state index contributed by atoms with van der Waals surface area (Å²) in [4.78, 5) is 12.8. The van der Waals surface area contributed by atoms with Crippen LogP contribution in [0.4, 0.5) is 11.4 Å².